The molecule has 46 heavy (non-hydrogen) atoms. The van der Waals surface area contributed by atoms with Gasteiger partial charge in [0.15, 0.2) is 5.60 Å². The third-order valence-corrected chi connectivity index (χ3v) is 7.54. The van der Waals surface area contributed by atoms with Crippen LogP contribution in [-0.2, 0) is 29.6 Å². The van der Waals surface area contributed by atoms with Crippen LogP contribution in [0.1, 0.15) is 70.1 Å². The Morgan fingerprint density at radius 2 is 1.15 bits per heavy atom. The SMILES string of the molecule is CCCCN(C(=O)C(CC(=O)NOC(c1ccccc1)(c1ccccc1)c1ccccc1)CC(=O)OC(C)(C)C)c1ccccc1. The fourth-order valence-corrected chi connectivity index (χ4v) is 5.44. The number of unbranched alkanes of at least 4 members (excludes halogenated alkanes) is 1. The van der Waals surface area contributed by atoms with Gasteiger partial charge >= 0.3 is 5.97 Å². The predicted octanol–water partition coefficient (Wildman–Crippen LogP) is 7.60. The highest BCUT2D eigenvalue weighted by Gasteiger charge is 2.40. The van der Waals surface area contributed by atoms with E-state index in [4.69, 9.17) is 9.57 Å². The number of nitrogens with one attached hydrogen (secondary N) is 1. The number of hydrogen-bond acceptors (Lipinski definition) is 5. The number of benzene rings is 4. The quantitative estimate of drug-likeness (QED) is 0.0892. The number of rotatable bonds is 14. The lowest BCUT2D eigenvalue weighted by atomic mass is 9.80. The third-order valence-electron chi connectivity index (χ3n) is 7.54. The number of hydroxylamine groups is 1. The van der Waals surface area contributed by atoms with Gasteiger partial charge in [-0.15, -0.1) is 0 Å². The Morgan fingerprint density at radius 1 is 0.696 bits per heavy atom. The molecule has 0 heterocycles. The van der Waals surface area contributed by atoms with Crippen LogP contribution in [0, 0.1) is 5.92 Å². The molecule has 240 valence electrons. The molecular formula is C39H44N2O5. The summed E-state index contributed by atoms with van der Waals surface area (Å²) in [6.07, 6.45) is 1.12. The van der Waals surface area contributed by atoms with Crippen LogP contribution >= 0.6 is 0 Å². The van der Waals surface area contributed by atoms with Gasteiger partial charge in [-0.1, -0.05) is 123 Å². The average molecular weight is 621 g/mol. The second-order valence-electron chi connectivity index (χ2n) is 12.3. The molecule has 4 aromatic carbocycles. The Kier molecular flexibility index (Phi) is 11.9. The summed E-state index contributed by atoms with van der Waals surface area (Å²) >= 11 is 0. The van der Waals surface area contributed by atoms with Gasteiger partial charge in [-0.3, -0.25) is 19.2 Å². The van der Waals surface area contributed by atoms with Gasteiger partial charge in [0.2, 0.25) is 11.8 Å². The number of hydrogen-bond donors (Lipinski definition) is 1. The van der Waals surface area contributed by atoms with Crippen LogP contribution in [0.25, 0.3) is 0 Å². The molecule has 0 spiro atoms. The molecular weight excluding hydrogens is 576 g/mol. The zero-order chi connectivity index (χ0) is 33.0. The van der Waals surface area contributed by atoms with Gasteiger partial charge in [0.1, 0.15) is 5.60 Å². The Hall–Kier alpha value is -4.75. The molecule has 7 heteroatoms. The predicted molar refractivity (Wildman–Crippen MR) is 181 cm³/mol. The number of esters is 1. The van der Waals surface area contributed by atoms with Crippen molar-refractivity contribution >= 4 is 23.5 Å². The van der Waals surface area contributed by atoms with Gasteiger partial charge in [0, 0.05) is 18.7 Å². The minimum absolute atomic E-state index is 0.250. The molecule has 1 N–H and O–H groups in total. The second kappa shape index (κ2) is 16.0. The highest BCUT2D eigenvalue weighted by Crippen LogP contribution is 2.39. The van der Waals surface area contributed by atoms with Crippen LogP contribution in [0.2, 0.25) is 0 Å². The van der Waals surface area contributed by atoms with Crippen molar-refractivity contribution in [2.75, 3.05) is 11.4 Å². The number of amides is 2. The van der Waals surface area contributed by atoms with Crippen LogP contribution in [0.4, 0.5) is 5.69 Å². The van der Waals surface area contributed by atoms with Crippen molar-refractivity contribution in [3.05, 3.63) is 138 Å². The number of anilines is 1. The van der Waals surface area contributed by atoms with E-state index in [2.05, 4.69) is 12.4 Å². The van der Waals surface area contributed by atoms with Crippen LogP contribution in [-0.4, -0.2) is 29.9 Å². The molecule has 0 radical (unpaired) electrons. The van der Waals surface area contributed by atoms with Crippen molar-refractivity contribution < 1.29 is 24.0 Å². The Morgan fingerprint density at radius 3 is 1.59 bits per heavy atom. The van der Waals surface area contributed by atoms with Crippen molar-refractivity contribution in [3.8, 4) is 0 Å². The first-order valence-corrected chi connectivity index (χ1v) is 15.9. The van der Waals surface area contributed by atoms with Crippen LogP contribution < -0.4 is 10.4 Å². The molecule has 2 amide bonds. The third kappa shape index (κ3) is 8.92. The lowest BCUT2D eigenvalue weighted by Gasteiger charge is -2.35. The van der Waals surface area contributed by atoms with Crippen LogP contribution in [0.3, 0.4) is 0 Å². The van der Waals surface area contributed by atoms with Gasteiger partial charge in [-0.2, -0.15) is 0 Å². The first kappa shape index (κ1) is 34.1. The normalized spacial score (nSPS) is 12.2. The second-order valence-corrected chi connectivity index (χ2v) is 12.3. The molecule has 0 saturated heterocycles. The molecule has 0 saturated carbocycles. The highest BCUT2D eigenvalue weighted by molar-refractivity contribution is 5.98. The minimum Gasteiger partial charge on any atom is -0.460 e. The summed E-state index contributed by atoms with van der Waals surface area (Å²) < 4.78 is 5.58. The van der Waals surface area contributed by atoms with Gasteiger partial charge in [-0.05, 0) is 56.0 Å². The van der Waals surface area contributed by atoms with Crippen molar-refractivity contribution in [1.29, 1.82) is 0 Å². The maximum Gasteiger partial charge on any atom is 0.307 e. The number of nitrogens with zero attached hydrogens (tertiary/aromatic N) is 1. The van der Waals surface area contributed by atoms with Crippen molar-refractivity contribution in [1.82, 2.24) is 5.48 Å². The first-order valence-electron chi connectivity index (χ1n) is 15.9. The summed E-state index contributed by atoms with van der Waals surface area (Å²) in [5.74, 6) is -2.37. The number of ether oxygens (including phenoxy) is 1. The maximum atomic E-state index is 14.1. The standard InChI is InChI=1S/C39H44N2O5/c1-5-6-27-41(34-25-17-10-18-26-34)37(44)30(29-36(43)45-38(2,3)4)28-35(42)40-46-39(31-19-11-7-12-20-31,32-21-13-8-14-22-32)33-23-15-9-16-24-33/h7-26,30H,5-6,27-29H2,1-4H3,(H,40,42). The fraction of sp³-hybridized carbons (Fsp3) is 0.308. The lowest BCUT2D eigenvalue weighted by Crippen LogP contribution is -2.43. The topological polar surface area (TPSA) is 84.9 Å². The average Bonchev–Trinajstić information content (AvgIpc) is 3.06. The highest BCUT2D eigenvalue weighted by atomic mass is 16.7. The zero-order valence-corrected chi connectivity index (χ0v) is 27.1. The van der Waals surface area contributed by atoms with Gasteiger partial charge in [0.05, 0.1) is 12.3 Å². The van der Waals surface area contributed by atoms with E-state index in [-0.39, 0.29) is 18.7 Å². The number of carbonyl (C=O) groups is 3. The van der Waals surface area contributed by atoms with Crippen molar-refractivity contribution in [2.45, 2.75) is 64.6 Å². The molecule has 7 nitrogen and oxygen atoms in total. The summed E-state index contributed by atoms with van der Waals surface area (Å²) in [4.78, 5) is 49.1. The monoisotopic (exact) mass is 620 g/mol. The molecule has 0 fully saturated rings. The van der Waals surface area contributed by atoms with E-state index in [1.807, 2.05) is 121 Å². The fourth-order valence-electron chi connectivity index (χ4n) is 5.44. The molecule has 4 aromatic rings. The number of carbonyl (C=O) groups excluding carboxylic acids is 3. The van der Waals surface area contributed by atoms with E-state index in [0.717, 1.165) is 29.5 Å². The van der Waals surface area contributed by atoms with E-state index in [1.165, 1.54) is 0 Å². The maximum absolute atomic E-state index is 14.1. The van der Waals surface area contributed by atoms with Gasteiger partial charge in [-0.25, -0.2) is 5.48 Å². The lowest BCUT2D eigenvalue weighted by molar-refractivity contribution is -0.158. The Balaban J connectivity index is 1.67. The Bertz CT molecular complexity index is 1440. The van der Waals surface area contributed by atoms with E-state index < -0.39 is 29.0 Å². The molecule has 0 aromatic heterocycles. The van der Waals surface area contributed by atoms with E-state index in [0.29, 0.717) is 12.2 Å². The molecule has 1 unspecified atom stereocenters. The first-order chi connectivity index (χ1) is 22.1. The summed E-state index contributed by atoms with van der Waals surface area (Å²) in [7, 11) is 0. The summed E-state index contributed by atoms with van der Waals surface area (Å²) in [5.41, 5.74) is 3.89. The van der Waals surface area contributed by atoms with E-state index in [9.17, 15) is 14.4 Å². The van der Waals surface area contributed by atoms with Crippen molar-refractivity contribution in [2.24, 2.45) is 5.92 Å². The Labute approximate surface area is 272 Å². The van der Waals surface area contributed by atoms with E-state index in [1.54, 1.807) is 25.7 Å². The molecule has 1 atom stereocenters. The summed E-state index contributed by atoms with van der Waals surface area (Å²) in [6.45, 7) is 7.83. The molecule has 0 aliphatic carbocycles. The van der Waals surface area contributed by atoms with Crippen LogP contribution in [0.5, 0.6) is 0 Å². The molecule has 4 rings (SSSR count). The summed E-state index contributed by atoms with van der Waals surface area (Å²) in [5, 5.41) is 0. The van der Waals surface area contributed by atoms with Crippen LogP contribution in [0.15, 0.2) is 121 Å². The largest absolute Gasteiger partial charge is 0.460 e. The van der Waals surface area contributed by atoms with E-state index >= 15 is 0 Å². The van der Waals surface area contributed by atoms with Crippen molar-refractivity contribution in [3.63, 3.8) is 0 Å². The molecule has 0 bridgehead atoms. The van der Waals surface area contributed by atoms with Gasteiger partial charge < -0.3 is 9.64 Å². The zero-order valence-electron chi connectivity index (χ0n) is 27.1. The molecule has 0 aliphatic heterocycles. The van der Waals surface area contributed by atoms with Gasteiger partial charge in [0.25, 0.3) is 0 Å². The molecule has 0 aliphatic rings. The minimum atomic E-state index is -1.19. The number of para-hydroxylation sites is 1. The smallest absolute Gasteiger partial charge is 0.307 e. The summed E-state index contributed by atoms with van der Waals surface area (Å²) in [6, 6.07) is 38.3.